The first kappa shape index (κ1) is 7.97. The predicted molar refractivity (Wildman–Crippen MR) is 39.6 cm³/mol. The number of alkyl halides is 2. The molecule has 0 aromatic carbocycles. The Hall–Kier alpha value is 0.974. The molecule has 5 heteroatoms. The maximum Gasteiger partial charge on any atom is 0.160 e. The van der Waals surface area contributed by atoms with Crippen LogP contribution in [0.25, 0.3) is 0 Å². The first-order valence-corrected chi connectivity index (χ1v) is 6.34. The summed E-state index contributed by atoms with van der Waals surface area (Å²) in [7, 11) is -0.693. The van der Waals surface area contributed by atoms with E-state index in [2.05, 4.69) is 0 Å². The molecule has 0 atom stereocenters. The Labute approximate surface area is 58.2 Å². The Balaban J connectivity index is 2.45. The normalized spacial score (nSPS) is 12.9. The Bertz CT molecular complexity index is 32.9. The van der Waals surface area contributed by atoms with E-state index in [1.807, 2.05) is 0 Å². The summed E-state index contributed by atoms with van der Waals surface area (Å²) in [5.74, 6) is 0. The van der Waals surface area contributed by atoms with Crippen LogP contribution in [0.15, 0.2) is 0 Å². The monoisotopic (exact) mass is 174 g/mol. The Morgan fingerprint density at radius 3 is 1.86 bits per heavy atom. The minimum Gasteiger partial charge on any atom is -0.463 e. The quantitative estimate of drug-likeness (QED) is 0.320. The van der Waals surface area contributed by atoms with Crippen LogP contribution >= 0.6 is 23.2 Å². The number of rotatable bonds is 4. The van der Waals surface area contributed by atoms with Crippen molar-refractivity contribution in [2.24, 2.45) is 0 Å². The van der Waals surface area contributed by atoms with Gasteiger partial charge in [0, 0.05) is 11.0 Å². The highest BCUT2D eigenvalue weighted by Gasteiger charge is 1.82. The van der Waals surface area contributed by atoms with Crippen molar-refractivity contribution in [2.75, 3.05) is 11.0 Å². The van der Waals surface area contributed by atoms with Gasteiger partial charge in [-0.05, 0) is 0 Å². The van der Waals surface area contributed by atoms with E-state index in [0.717, 1.165) is 11.0 Å². The lowest BCUT2D eigenvalue weighted by Gasteiger charge is -1.92. The molecule has 0 aliphatic heterocycles. The van der Waals surface area contributed by atoms with Gasteiger partial charge in [0.05, 0.1) is 0 Å². The topological polar surface area (TPSA) is 9.23 Å². The van der Waals surface area contributed by atoms with E-state index < -0.39 is 0 Å². The van der Waals surface area contributed by atoms with Crippen LogP contribution in [0.1, 0.15) is 0 Å². The molecule has 0 spiro atoms. The highest BCUT2D eigenvalue weighted by atomic mass is 35.5. The van der Waals surface area contributed by atoms with Gasteiger partial charge >= 0.3 is 0 Å². The van der Waals surface area contributed by atoms with Gasteiger partial charge in [0.2, 0.25) is 0 Å². The average Bonchev–Trinajstić information content (AvgIpc) is 1.69. The van der Waals surface area contributed by atoms with E-state index in [1.165, 1.54) is 0 Å². The van der Waals surface area contributed by atoms with Crippen LogP contribution in [-0.4, -0.2) is 30.5 Å². The van der Waals surface area contributed by atoms with Gasteiger partial charge in [-0.2, -0.15) is 0 Å². The second-order valence-corrected chi connectivity index (χ2v) is 6.46. The van der Waals surface area contributed by atoms with E-state index in [9.17, 15) is 0 Å². The molecule has 0 aliphatic carbocycles. The maximum absolute atomic E-state index is 5.35. The maximum atomic E-state index is 5.35. The Morgan fingerprint density at radius 1 is 1.14 bits per heavy atom. The van der Waals surface area contributed by atoms with Crippen LogP contribution in [0, 0.1) is 0 Å². The van der Waals surface area contributed by atoms with Crippen molar-refractivity contribution >= 4 is 42.7 Å². The molecule has 0 rings (SSSR count). The van der Waals surface area contributed by atoms with Crippen LogP contribution in [-0.2, 0) is 4.12 Å². The number of halogens is 2. The van der Waals surface area contributed by atoms with E-state index in [1.54, 1.807) is 0 Å². The molecule has 0 amide bonds. The fourth-order valence-electron chi connectivity index (χ4n) is 0.211. The lowest BCUT2D eigenvalue weighted by molar-refractivity contribution is 0.649. The molecule has 0 unspecified atom stereocenters. The summed E-state index contributed by atoms with van der Waals surface area (Å²) in [5, 5.41) is 0. The SMILES string of the molecule is ClC[SiH2]O[SiH2]CCl. The van der Waals surface area contributed by atoms with Crippen LogP contribution < -0.4 is 0 Å². The molecule has 7 heavy (non-hydrogen) atoms. The molecule has 0 bridgehead atoms. The molecule has 0 radical (unpaired) electrons. The number of hydrogen-bond donors (Lipinski definition) is 0. The van der Waals surface area contributed by atoms with Crippen LogP contribution in [0.4, 0.5) is 0 Å². The van der Waals surface area contributed by atoms with Crippen molar-refractivity contribution in [2.45, 2.75) is 0 Å². The third kappa shape index (κ3) is 6.97. The summed E-state index contributed by atoms with van der Waals surface area (Å²) in [6.45, 7) is 0. The van der Waals surface area contributed by atoms with Crippen molar-refractivity contribution in [3.8, 4) is 0 Å². The molecule has 0 N–H and O–H groups in total. The number of hydrogen-bond acceptors (Lipinski definition) is 1. The predicted octanol–water partition coefficient (Wildman–Crippen LogP) is -0.437. The van der Waals surface area contributed by atoms with Crippen LogP contribution in [0.2, 0.25) is 0 Å². The summed E-state index contributed by atoms with van der Waals surface area (Å²) in [6.07, 6.45) is 0. The minimum atomic E-state index is -0.347. The van der Waals surface area contributed by atoms with Gasteiger partial charge in [-0.15, -0.1) is 23.2 Å². The second-order valence-electron chi connectivity index (χ2n) is 0.990. The van der Waals surface area contributed by atoms with Crippen molar-refractivity contribution in [1.82, 2.24) is 0 Å². The van der Waals surface area contributed by atoms with Crippen molar-refractivity contribution in [1.29, 1.82) is 0 Å². The van der Waals surface area contributed by atoms with Gasteiger partial charge in [0.15, 0.2) is 19.5 Å². The van der Waals surface area contributed by atoms with E-state index in [-0.39, 0.29) is 19.5 Å². The molecule has 44 valence electrons. The summed E-state index contributed by atoms with van der Waals surface area (Å²) < 4.78 is 5.15. The smallest absolute Gasteiger partial charge is 0.160 e. The average molecular weight is 175 g/mol. The van der Waals surface area contributed by atoms with Gasteiger partial charge in [0.25, 0.3) is 0 Å². The van der Waals surface area contributed by atoms with Gasteiger partial charge < -0.3 is 4.12 Å². The Kier molecular flexibility index (Phi) is 7.94. The molecular formula is C2H8Cl2OSi2. The lowest BCUT2D eigenvalue weighted by atomic mass is 11.9. The van der Waals surface area contributed by atoms with Gasteiger partial charge in [-0.1, -0.05) is 0 Å². The summed E-state index contributed by atoms with van der Waals surface area (Å²) in [6, 6.07) is 0. The summed E-state index contributed by atoms with van der Waals surface area (Å²) in [5.41, 5.74) is 1.45. The zero-order chi connectivity index (χ0) is 5.54. The molecule has 0 heterocycles. The summed E-state index contributed by atoms with van der Waals surface area (Å²) >= 11 is 10.7. The fraction of sp³-hybridized carbons (Fsp3) is 1.00. The molecular weight excluding hydrogens is 167 g/mol. The van der Waals surface area contributed by atoms with Crippen LogP contribution in [0.3, 0.4) is 0 Å². The molecule has 1 nitrogen and oxygen atoms in total. The standard InChI is InChI=1S/C2H8Cl2OSi2/c3-1-6-5-7-2-4/h1-2,6-7H2. The third-order valence-corrected chi connectivity index (χ3v) is 3.99. The first-order valence-electron chi connectivity index (χ1n) is 2.11. The highest BCUT2D eigenvalue weighted by Crippen LogP contribution is 1.74. The van der Waals surface area contributed by atoms with Crippen molar-refractivity contribution < 1.29 is 4.12 Å². The largest absolute Gasteiger partial charge is 0.463 e. The minimum absolute atomic E-state index is 0.347. The van der Waals surface area contributed by atoms with Gasteiger partial charge in [-0.3, -0.25) is 0 Å². The van der Waals surface area contributed by atoms with Crippen molar-refractivity contribution in [3.63, 3.8) is 0 Å². The zero-order valence-electron chi connectivity index (χ0n) is 3.99. The molecule has 0 aromatic heterocycles. The molecule has 0 saturated carbocycles. The van der Waals surface area contributed by atoms with E-state index in [0.29, 0.717) is 0 Å². The molecule has 0 saturated heterocycles. The van der Waals surface area contributed by atoms with Crippen LogP contribution in [0.5, 0.6) is 0 Å². The van der Waals surface area contributed by atoms with E-state index in [4.69, 9.17) is 27.3 Å². The molecule has 0 aromatic rings. The molecule has 0 fully saturated rings. The Morgan fingerprint density at radius 2 is 1.57 bits per heavy atom. The highest BCUT2D eigenvalue weighted by molar-refractivity contribution is 6.55. The first-order chi connectivity index (χ1) is 3.41. The van der Waals surface area contributed by atoms with Crippen molar-refractivity contribution in [3.05, 3.63) is 0 Å². The molecule has 0 aliphatic rings. The zero-order valence-corrected chi connectivity index (χ0v) is 8.33. The fourth-order valence-corrected chi connectivity index (χ4v) is 3.86. The third-order valence-electron chi connectivity index (χ3n) is 0.443. The van der Waals surface area contributed by atoms with Gasteiger partial charge in [-0.25, -0.2) is 0 Å². The second kappa shape index (κ2) is 6.97. The lowest BCUT2D eigenvalue weighted by Crippen LogP contribution is -2.06. The van der Waals surface area contributed by atoms with Gasteiger partial charge in [0.1, 0.15) is 0 Å². The van der Waals surface area contributed by atoms with E-state index >= 15 is 0 Å². The summed E-state index contributed by atoms with van der Waals surface area (Å²) in [4.78, 5) is 0.